The molecule has 0 saturated carbocycles. The van der Waals surface area contributed by atoms with Gasteiger partial charge in [0, 0.05) is 11.3 Å². The highest BCUT2D eigenvalue weighted by Gasteiger charge is 2.19. The number of Topliss-reactive ketones (excluding diaryl/α,β-unsaturated/α-hetero) is 1. The number of rotatable bonds is 6. The van der Waals surface area contributed by atoms with E-state index in [4.69, 9.17) is 4.42 Å². The number of ketones is 1. The second-order valence-electron chi connectivity index (χ2n) is 5.29. The van der Waals surface area contributed by atoms with Gasteiger partial charge in [-0.05, 0) is 57.3 Å². The van der Waals surface area contributed by atoms with Crippen molar-refractivity contribution in [3.05, 3.63) is 54.0 Å². The van der Waals surface area contributed by atoms with E-state index in [-0.39, 0.29) is 17.7 Å². The zero-order chi connectivity index (χ0) is 16.1. The number of hydrogen-bond acceptors (Lipinski definition) is 4. The van der Waals surface area contributed by atoms with E-state index in [1.165, 1.54) is 6.92 Å². The van der Waals surface area contributed by atoms with Crippen LogP contribution in [-0.4, -0.2) is 29.7 Å². The van der Waals surface area contributed by atoms with E-state index in [0.29, 0.717) is 17.8 Å². The van der Waals surface area contributed by atoms with Crippen LogP contribution in [-0.2, 0) is 11.3 Å². The molecule has 1 heterocycles. The number of hydrogen-bond donors (Lipinski definition) is 1. The van der Waals surface area contributed by atoms with Crippen molar-refractivity contribution in [1.29, 1.82) is 0 Å². The first kappa shape index (κ1) is 16.0. The lowest BCUT2D eigenvalue weighted by Crippen LogP contribution is -2.39. The number of furan rings is 1. The Morgan fingerprint density at radius 2 is 1.91 bits per heavy atom. The van der Waals surface area contributed by atoms with Crippen LogP contribution < -0.4 is 5.32 Å². The summed E-state index contributed by atoms with van der Waals surface area (Å²) >= 11 is 0. The number of nitrogens with zero attached hydrogens (tertiary/aromatic N) is 1. The quantitative estimate of drug-likeness (QED) is 0.833. The average Bonchev–Trinajstić information content (AvgIpc) is 2.99. The van der Waals surface area contributed by atoms with Gasteiger partial charge in [-0.1, -0.05) is 0 Å². The molecule has 5 nitrogen and oxygen atoms in total. The van der Waals surface area contributed by atoms with Crippen molar-refractivity contribution in [2.24, 2.45) is 0 Å². The molecule has 0 fully saturated rings. The largest absolute Gasteiger partial charge is 0.468 e. The molecule has 1 aromatic heterocycles. The monoisotopic (exact) mass is 300 g/mol. The van der Waals surface area contributed by atoms with Gasteiger partial charge in [-0.15, -0.1) is 0 Å². The van der Waals surface area contributed by atoms with Gasteiger partial charge in [0.2, 0.25) is 5.91 Å². The minimum absolute atomic E-state index is 0.00410. The van der Waals surface area contributed by atoms with Crippen molar-refractivity contribution in [3.8, 4) is 0 Å². The molecule has 0 aliphatic rings. The lowest BCUT2D eigenvalue weighted by Gasteiger charge is -2.22. The number of anilines is 1. The third-order valence-electron chi connectivity index (χ3n) is 3.58. The maximum Gasteiger partial charge on any atom is 0.241 e. The maximum absolute atomic E-state index is 12.3. The molecule has 1 atom stereocenters. The van der Waals surface area contributed by atoms with Gasteiger partial charge in [0.05, 0.1) is 18.8 Å². The van der Waals surface area contributed by atoms with Crippen LogP contribution >= 0.6 is 0 Å². The Kier molecular flexibility index (Phi) is 5.12. The minimum atomic E-state index is -0.308. The van der Waals surface area contributed by atoms with Gasteiger partial charge in [0.1, 0.15) is 5.76 Å². The van der Waals surface area contributed by atoms with Crippen LogP contribution in [0.4, 0.5) is 5.69 Å². The molecular weight excluding hydrogens is 280 g/mol. The first-order valence-corrected chi connectivity index (χ1v) is 7.12. The Morgan fingerprint density at radius 3 is 2.45 bits per heavy atom. The Balaban J connectivity index is 1.94. The average molecular weight is 300 g/mol. The molecule has 2 aromatic rings. The molecule has 0 aliphatic heterocycles. The van der Waals surface area contributed by atoms with Gasteiger partial charge in [0.15, 0.2) is 5.78 Å². The Morgan fingerprint density at radius 1 is 1.23 bits per heavy atom. The van der Waals surface area contributed by atoms with Gasteiger partial charge >= 0.3 is 0 Å². The smallest absolute Gasteiger partial charge is 0.241 e. The van der Waals surface area contributed by atoms with Crippen molar-refractivity contribution < 1.29 is 14.0 Å². The lowest BCUT2D eigenvalue weighted by molar-refractivity contribution is -0.120. The molecule has 0 bridgehead atoms. The molecule has 2 rings (SSSR count). The van der Waals surface area contributed by atoms with Gasteiger partial charge in [-0.2, -0.15) is 0 Å². The summed E-state index contributed by atoms with van der Waals surface area (Å²) in [5.41, 5.74) is 1.30. The van der Waals surface area contributed by atoms with Gasteiger partial charge in [0.25, 0.3) is 0 Å². The molecular formula is C17H20N2O3. The van der Waals surface area contributed by atoms with Crippen molar-refractivity contribution in [3.63, 3.8) is 0 Å². The third-order valence-corrected chi connectivity index (χ3v) is 3.58. The number of carbonyl (C=O) groups excluding carboxylic acids is 2. The number of benzene rings is 1. The molecule has 0 aliphatic carbocycles. The molecule has 1 N–H and O–H groups in total. The second-order valence-corrected chi connectivity index (χ2v) is 5.29. The zero-order valence-electron chi connectivity index (χ0n) is 13.0. The summed E-state index contributed by atoms with van der Waals surface area (Å²) in [4.78, 5) is 25.4. The topological polar surface area (TPSA) is 62.6 Å². The van der Waals surface area contributed by atoms with Crippen LogP contribution in [0.3, 0.4) is 0 Å². The van der Waals surface area contributed by atoms with Crippen molar-refractivity contribution in [1.82, 2.24) is 4.90 Å². The van der Waals surface area contributed by atoms with Crippen molar-refractivity contribution in [2.75, 3.05) is 12.4 Å². The highest BCUT2D eigenvalue weighted by Crippen LogP contribution is 2.12. The van der Waals surface area contributed by atoms with Crippen molar-refractivity contribution >= 4 is 17.4 Å². The van der Waals surface area contributed by atoms with Gasteiger partial charge in [-0.3, -0.25) is 14.5 Å². The fraction of sp³-hybridized carbons (Fsp3) is 0.294. The number of carbonyl (C=O) groups is 2. The Bertz CT molecular complexity index is 632. The van der Waals surface area contributed by atoms with E-state index >= 15 is 0 Å². The first-order chi connectivity index (χ1) is 10.5. The fourth-order valence-electron chi connectivity index (χ4n) is 2.02. The standard InChI is InChI=1S/C17H20N2O3/c1-12(19(3)11-16-5-4-10-22-16)17(21)18-15-8-6-14(7-9-15)13(2)20/h4-10,12H,11H2,1-3H3,(H,18,21)/t12-/m1/s1. The molecule has 1 amide bonds. The predicted octanol–water partition coefficient (Wildman–Crippen LogP) is 2.94. The van der Waals surface area contributed by atoms with E-state index < -0.39 is 0 Å². The molecule has 0 saturated heterocycles. The highest BCUT2D eigenvalue weighted by atomic mass is 16.3. The van der Waals surface area contributed by atoms with E-state index in [2.05, 4.69) is 5.32 Å². The molecule has 116 valence electrons. The lowest BCUT2D eigenvalue weighted by atomic mass is 10.1. The third kappa shape index (κ3) is 4.05. The number of likely N-dealkylation sites (N-methyl/N-ethyl adjacent to an activating group) is 1. The van der Waals surface area contributed by atoms with Crippen LogP contribution in [0.15, 0.2) is 47.1 Å². The van der Waals surface area contributed by atoms with Crippen LogP contribution in [0.5, 0.6) is 0 Å². The summed E-state index contributed by atoms with van der Waals surface area (Å²) in [5.74, 6) is 0.710. The molecule has 1 aromatic carbocycles. The zero-order valence-corrected chi connectivity index (χ0v) is 13.0. The summed E-state index contributed by atoms with van der Waals surface area (Å²) in [6.45, 7) is 3.91. The normalized spacial score (nSPS) is 12.2. The van der Waals surface area contributed by atoms with Gasteiger partial charge in [-0.25, -0.2) is 0 Å². The maximum atomic E-state index is 12.3. The summed E-state index contributed by atoms with van der Waals surface area (Å²) < 4.78 is 5.28. The Hall–Kier alpha value is -2.40. The minimum Gasteiger partial charge on any atom is -0.468 e. The van der Waals surface area contributed by atoms with Crippen molar-refractivity contribution in [2.45, 2.75) is 26.4 Å². The van der Waals surface area contributed by atoms with Crippen LogP contribution in [0.25, 0.3) is 0 Å². The van der Waals surface area contributed by atoms with Crippen LogP contribution in [0.2, 0.25) is 0 Å². The summed E-state index contributed by atoms with van der Waals surface area (Å²) in [7, 11) is 1.87. The predicted molar refractivity (Wildman–Crippen MR) is 84.7 cm³/mol. The van der Waals surface area contributed by atoms with E-state index in [1.807, 2.05) is 31.0 Å². The van der Waals surface area contributed by atoms with Gasteiger partial charge < -0.3 is 9.73 Å². The summed E-state index contributed by atoms with van der Waals surface area (Å²) in [6, 6.07) is 10.3. The number of nitrogens with one attached hydrogen (secondary N) is 1. The van der Waals surface area contributed by atoms with Crippen LogP contribution in [0, 0.1) is 0 Å². The molecule has 22 heavy (non-hydrogen) atoms. The molecule has 0 radical (unpaired) electrons. The van der Waals surface area contributed by atoms with E-state index in [1.54, 1.807) is 30.5 Å². The first-order valence-electron chi connectivity index (χ1n) is 7.12. The highest BCUT2D eigenvalue weighted by molar-refractivity contribution is 5.96. The summed E-state index contributed by atoms with van der Waals surface area (Å²) in [6.07, 6.45) is 1.62. The molecule has 5 heteroatoms. The second kappa shape index (κ2) is 7.04. The van der Waals surface area contributed by atoms with E-state index in [0.717, 1.165) is 5.76 Å². The SMILES string of the molecule is CC(=O)c1ccc(NC(=O)[C@@H](C)N(C)Cc2ccco2)cc1. The molecule has 0 spiro atoms. The van der Waals surface area contributed by atoms with Crippen LogP contribution in [0.1, 0.15) is 30.0 Å². The summed E-state index contributed by atoms with van der Waals surface area (Å²) in [5, 5.41) is 2.85. The number of amides is 1. The Labute approximate surface area is 129 Å². The fourth-order valence-corrected chi connectivity index (χ4v) is 2.02. The molecule has 0 unspecified atom stereocenters. The van der Waals surface area contributed by atoms with E-state index in [9.17, 15) is 9.59 Å².